The van der Waals surface area contributed by atoms with Gasteiger partial charge in [0.2, 0.25) is 11.7 Å². The van der Waals surface area contributed by atoms with Crippen LogP contribution in [0.5, 0.6) is 0 Å². The van der Waals surface area contributed by atoms with Gasteiger partial charge in [-0.2, -0.15) is 4.98 Å². The molecule has 1 saturated heterocycles. The van der Waals surface area contributed by atoms with E-state index in [1.807, 2.05) is 54.6 Å². The molecule has 0 saturated carbocycles. The lowest BCUT2D eigenvalue weighted by atomic mass is 9.97. The summed E-state index contributed by atoms with van der Waals surface area (Å²) in [5.74, 6) is 0.150. The number of piperidine rings is 1. The zero-order valence-electron chi connectivity index (χ0n) is 18.6. The molecule has 1 aromatic heterocycles. The van der Waals surface area contributed by atoms with Gasteiger partial charge < -0.3 is 14.2 Å². The molecule has 0 radical (unpaired) electrons. The number of carbonyl (C=O) groups excluding carboxylic acids is 2. The molecule has 1 amide bonds. The molecule has 0 bridgehead atoms. The van der Waals surface area contributed by atoms with Crippen LogP contribution in [0.3, 0.4) is 0 Å². The molecule has 2 aromatic carbocycles. The Morgan fingerprint density at radius 1 is 1.09 bits per heavy atom. The molecule has 2 heterocycles. The standard InChI is InChI=1S/C26H27N3O4/c1-2-19-8-11-21(12-9-19)25-27-23(33-28-25)18-32-26(31)22-14-16-29(17-15-22)24(30)13-10-20-6-4-3-5-7-20/h3-13,22H,2,14-18H2,1H3/b13-10+. The Kier molecular flexibility index (Phi) is 7.29. The number of amides is 1. The Labute approximate surface area is 193 Å². The van der Waals surface area contributed by atoms with Crippen molar-refractivity contribution in [2.75, 3.05) is 13.1 Å². The number of nitrogens with zero attached hydrogens (tertiary/aromatic N) is 3. The third-order valence-electron chi connectivity index (χ3n) is 5.78. The molecular formula is C26H27N3O4. The minimum atomic E-state index is -0.297. The molecule has 0 atom stereocenters. The van der Waals surface area contributed by atoms with E-state index in [0.29, 0.717) is 31.8 Å². The van der Waals surface area contributed by atoms with Crippen LogP contribution in [0, 0.1) is 5.92 Å². The fourth-order valence-corrected chi connectivity index (χ4v) is 3.74. The maximum absolute atomic E-state index is 12.5. The Morgan fingerprint density at radius 2 is 1.82 bits per heavy atom. The van der Waals surface area contributed by atoms with Crippen molar-refractivity contribution < 1.29 is 18.8 Å². The first-order chi connectivity index (χ1) is 16.1. The normalized spacial score (nSPS) is 14.5. The van der Waals surface area contributed by atoms with E-state index >= 15 is 0 Å². The minimum Gasteiger partial charge on any atom is -0.455 e. The van der Waals surface area contributed by atoms with Gasteiger partial charge >= 0.3 is 5.97 Å². The van der Waals surface area contributed by atoms with Crippen LogP contribution in [0.25, 0.3) is 17.5 Å². The van der Waals surface area contributed by atoms with E-state index in [-0.39, 0.29) is 30.3 Å². The first kappa shape index (κ1) is 22.5. The quantitative estimate of drug-likeness (QED) is 0.398. The molecule has 3 aromatic rings. The molecular weight excluding hydrogens is 418 g/mol. The smallest absolute Gasteiger partial charge is 0.309 e. The molecule has 1 fully saturated rings. The highest BCUT2D eigenvalue weighted by molar-refractivity contribution is 5.92. The molecule has 0 N–H and O–H groups in total. The van der Waals surface area contributed by atoms with Gasteiger partial charge in [0.15, 0.2) is 6.61 Å². The highest BCUT2D eigenvalue weighted by atomic mass is 16.6. The lowest BCUT2D eigenvalue weighted by Crippen LogP contribution is -2.39. The second-order valence-electron chi connectivity index (χ2n) is 8.01. The van der Waals surface area contributed by atoms with Gasteiger partial charge in [0.1, 0.15) is 0 Å². The Balaban J connectivity index is 1.23. The molecule has 7 heteroatoms. The number of rotatable bonds is 7. The van der Waals surface area contributed by atoms with Gasteiger partial charge in [-0.1, -0.05) is 66.7 Å². The number of esters is 1. The zero-order chi connectivity index (χ0) is 23.0. The van der Waals surface area contributed by atoms with Crippen LogP contribution in [-0.4, -0.2) is 40.0 Å². The van der Waals surface area contributed by atoms with Gasteiger partial charge in [-0.25, -0.2) is 0 Å². The summed E-state index contributed by atoms with van der Waals surface area (Å²) in [5, 5.41) is 3.97. The molecule has 170 valence electrons. The molecule has 0 spiro atoms. The molecule has 1 aliphatic rings. The van der Waals surface area contributed by atoms with Gasteiger partial charge in [0.25, 0.3) is 5.89 Å². The largest absolute Gasteiger partial charge is 0.455 e. The third-order valence-corrected chi connectivity index (χ3v) is 5.78. The Bertz CT molecular complexity index is 1100. The SMILES string of the molecule is CCc1ccc(-c2noc(COC(=O)C3CCN(C(=O)/C=C/c4ccccc4)CC3)n2)cc1. The van der Waals surface area contributed by atoms with Gasteiger partial charge in [0, 0.05) is 24.7 Å². The van der Waals surface area contributed by atoms with Crippen LogP contribution in [0.2, 0.25) is 0 Å². The number of hydrogen-bond acceptors (Lipinski definition) is 6. The van der Waals surface area contributed by atoms with E-state index in [0.717, 1.165) is 17.5 Å². The minimum absolute atomic E-state index is 0.0453. The number of hydrogen-bond donors (Lipinski definition) is 0. The highest BCUT2D eigenvalue weighted by Crippen LogP contribution is 2.21. The van der Waals surface area contributed by atoms with Crippen LogP contribution in [0.15, 0.2) is 65.2 Å². The van der Waals surface area contributed by atoms with Gasteiger partial charge in [-0.15, -0.1) is 0 Å². The van der Waals surface area contributed by atoms with E-state index in [2.05, 4.69) is 17.1 Å². The number of aryl methyl sites for hydroxylation is 1. The summed E-state index contributed by atoms with van der Waals surface area (Å²) >= 11 is 0. The Morgan fingerprint density at radius 3 is 2.52 bits per heavy atom. The average molecular weight is 446 g/mol. The van der Waals surface area contributed by atoms with Gasteiger partial charge in [0.05, 0.1) is 5.92 Å². The number of likely N-dealkylation sites (tertiary alicyclic amines) is 1. The third kappa shape index (κ3) is 5.94. The maximum atomic E-state index is 12.5. The highest BCUT2D eigenvalue weighted by Gasteiger charge is 2.28. The fraction of sp³-hybridized carbons (Fsp3) is 0.308. The van der Waals surface area contributed by atoms with Crippen LogP contribution in [-0.2, 0) is 27.4 Å². The first-order valence-electron chi connectivity index (χ1n) is 11.2. The molecule has 0 unspecified atom stereocenters. The zero-order valence-corrected chi connectivity index (χ0v) is 18.6. The van der Waals surface area contributed by atoms with E-state index in [4.69, 9.17) is 9.26 Å². The maximum Gasteiger partial charge on any atom is 0.309 e. The van der Waals surface area contributed by atoms with E-state index in [1.165, 1.54) is 5.56 Å². The molecule has 0 aliphatic carbocycles. The molecule has 7 nitrogen and oxygen atoms in total. The number of aromatic nitrogens is 2. The van der Waals surface area contributed by atoms with Crippen molar-refractivity contribution in [1.29, 1.82) is 0 Å². The predicted octanol–water partition coefficient (Wildman–Crippen LogP) is 4.29. The fourth-order valence-electron chi connectivity index (χ4n) is 3.74. The van der Waals surface area contributed by atoms with Crippen molar-refractivity contribution in [2.24, 2.45) is 5.92 Å². The lowest BCUT2D eigenvalue weighted by Gasteiger charge is -2.30. The van der Waals surface area contributed by atoms with Crippen molar-refractivity contribution in [2.45, 2.75) is 32.8 Å². The topological polar surface area (TPSA) is 85.5 Å². The van der Waals surface area contributed by atoms with Crippen molar-refractivity contribution in [3.8, 4) is 11.4 Å². The van der Waals surface area contributed by atoms with Crippen LogP contribution in [0.1, 0.15) is 36.8 Å². The monoisotopic (exact) mass is 445 g/mol. The summed E-state index contributed by atoms with van der Waals surface area (Å²) < 4.78 is 10.6. The van der Waals surface area contributed by atoms with E-state index in [1.54, 1.807) is 17.1 Å². The predicted molar refractivity (Wildman–Crippen MR) is 124 cm³/mol. The van der Waals surface area contributed by atoms with Gasteiger partial charge in [-0.3, -0.25) is 9.59 Å². The average Bonchev–Trinajstić information content (AvgIpc) is 3.35. The van der Waals surface area contributed by atoms with Gasteiger partial charge in [-0.05, 0) is 36.5 Å². The second-order valence-corrected chi connectivity index (χ2v) is 8.01. The van der Waals surface area contributed by atoms with E-state index < -0.39 is 0 Å². The summed E-state index contributed by atoms with van der Waals surface area (Å²) in [4.78, 5) is 31.0. The van der Waals surface area contributed by atoms with Crippen molar-refractivity contribution in [3.63, 3.8) is 0 Å². The summed E-state index contributed by atoms with van der Waals surface area (Å²) in [7, 11) is 0. The number of carbonyl (C=O) groups is 2. The van der Waals surface area contributed by atoms with Crippen molar-refractivity contribution in [1.82, 2.24) is 15.0 Å². The Hall–Kier alpha value is -3.74. The molecule has 4 rings (SSSR count). The summed E-state index contributed by atoms with van der Waals surface area (Å²) in [6.07, 6.45) is 5.49. The number of benzene rings is 2. The van der Waals surface area contributed by atoms with Crippen LogP contribution < -0.4 is 0 Å². The summed E-state index contributed by atoms with van der Waals surface area (Å²) in [6, 6.07) is 17.6. The molecule has 1 aliphatic heterocycles. The van der Waals surface area contributed by atoms with Crippen LogP contribution in [0.4, 0.5) is 0 Å². The summed E-state index contributed by atoms with van der Waals surface area (Å²) in [6.45, 7) is 3.09. The molecule has 33 heavy (non-hydrogen) atoms. The van der Waals surface area contributed by atoms with Crippen molar-refractivity contribution >= 4 is 18.0 Å². The first-order valence-corrected chi connectivity index (χ1v) is 11.2. The second kappa shape index (κ2) is 10.7. The van der Waals surface area contributed by atoms with Crippen molar-refractivity contribution in [3.05, 3.63) is 77.7 Å². The van der Waals surface area contributed by atoms with Crippen LogP contribution >= 0.6 is 0 Å². The summed E-state index contributed by atoms with van der Waals surface area (Å²) in [5.41, 5.74) is 3.06. The lowest BCUT2D eigenvalue weighted by molar-refractivity contribution is -0.153. The number of ether oxygens (including phenoxy) is 1. The van der Waals surface area contributed by atoms with E-state index in [9.17, 15) is 9.59 Å².